The van der Waals surface area contributed by atoms with Crippen LogP contribution in [0.1, 0.15) is 44.0 Å². The third-order valence-corrected chi connectivity index (χ3v) is 8.60. The van der Waals surface area contributed by atoms with Gasteiger partial charge in [0.1, 0.15) is 29.7 Å². The second-order valence-electron chi connectivity index (χ2n) is 10.8. The van der Waals surface area contributed by atoms with Gasteiger partial charge in [-0.2, -0.15) is 0 Å². The molecule has 0 bridgehead atoms. The first-order valence-corrected chi connectivity index (χ1v) is 14.1. The molecular weight excluding hydrogens is 632 g/mol. The molecule has 6 rings (SSSR count). The lowest BCUT2D eigenvalue weighted by atomic mass is 10.0. The van der Waals surface area contributed by atoms with E-state index in [2.05, 4.69) is 37.2 Å². The Morgan fingerprint density at radius 1 is 1.07 bits per heavy atom. The molecule has 226 valence electrons. The topological polar surface area (TPSA) is 115 Å². The van der Waals surface area contributed by atoms with Crippen molar-refractivity contribution in [3.05, 3.63) is 46.6 Å². The van der Waals surface area contributed by atoms with Crippen molar-refractivity contribution >= 4 is 88.3 Å². The van der Waals surface area contributed by atoms with Crippen molar-refractivity contribution in [1.29, 1.82) is 0 Å². The Balaban J connectivity index is 0.00000154. The third-order valence-electron chi connectivity index (χ3n) is 7.88. The number of anilines is 1. The Morgan fingerprint density at radius 3 is 2.59 bits per heavy atom. The second kappa shape index (κ2) is 14.3. The number of unbranched alkanes of at least 4 members (excludes halogenated alkanes) is 1. The first-order chi connectivity index (χ1) is 18.4. The number of aliphatic hydroxyl groups is 2. The van der Waals surface area contributed by atoms with Gasteiger partial charge in [0.15, 0.2) is 0 Å². The molecule has 2 saturated carbocycles. The molecule has 41 heavy (non-hydrogen) atoms. The van der Waals surface area contributed by atoms with Gasteiger partial charge in [-0.3, -0.25) is 0 Å². The number of benzene rings is 1. The molecule has 4 N–H and O–H groups in total. The number of aliphatic hydroxyl groups excluding tert-OH is 2. The van der Waals surface area contributed by atoms with Crippen LogP contribution in [0.5, 0.6) is 0 Å². The monoisotopic (exact) mass is 665 g/mol. The SMILES string of the molecule is CN(CCCCc1nc2cc(Cl)c(Cl)cc2[nH]1)C[C@H]1C[C@@H](n2ccc3c(NC4CC4)ncnc32)[C@@H](O)[C@@H]1O.Cl.Cl.Cl. The minimum Gasteiger partial charge on any atom is -0.390 e. The molecule has 2 fully saturated rings. The Labute approximate surface area is 267 Å². The Morgan fingerprint density at radius 2 is 1.83 bits per heavy atom. The molecular formula is C27H36Cl5N7O2. The van der Waals surface area contributed by atoms with E-state index in [1.807, 2.05) is 22.9 Å². The fourth-order valence-corrected chi connectivity index (χ4v) is 5.99. The highest BCUT2D eigenvalue weighted by atomic mass is 35.5. The van der Waals surface area contributed by atoms with Crippen LogP contribution in [0.25, 0.3) is 22.1 Å². The van der Waals surface area contributed by atoms with Gasteiger partial charge in [-0.1, -0.05) is 23.2 Å². The minimum absolute atomic E-state index is 0. The number of aromatic amines is 1. The number of halogens is 5. The molecule has 0 radical (unpaired) electrons. The molecule has 0 amide bonds. The average Bonchev–Trinajstić information content (AvgIpc) is 3.36. The number of imidazole rings is 1. The average molecular weight is 668 g/mol. The van der Waals surface area contributed by atoms with Crippen LogP contribution >= 0.6 is 60.4 Å². The molecule has 0 saturated heterocycles. The van der Waals surface area contributed by atoms with Crippen molar-refractivity contribution in [2.75, 3.05) is 25.5 Å². The predicted octanol–water partition coefficient (Wildman–Crippen LogP) is 5.69. The van der Waals surface area contributed by atoms with Crippen molar-refractivity contribution in [2.45, 2.75) is 62.8 Å². The predicted molar refractivity (Wildman–Crippen MR) is 172 cm³/mol. The van der Waals surface area contributed by atoms with Crippen molar-refractivity contribution in [3.63, 3.8) is 0 Å². The normalized spacial score (nSPS) is 22.0. The van der Waals surface area contributed by atoms with Crippen LogP contribution in [-0.2, 0) is 6.42 Å². The van der Waals surface area contributed by atoms with Gasteiger partial charge in [0.2, 0.25) is 0 Å². The largest absolute Gasteiger partial charge is 0.390 e. The van der Waals surface area contributed by atoms with E-state index in [1.54, 1.807) is 12.4 Å². The number of hydrogen-bond donors (Lipinski definition) is 4. The van der Waals surface area contributed by atoms with E-state index in [-0.39, 0.29) is 49.2 Å². The molecule has 0 aliphatic heterocycles. The van der Waals surface area contributed by atoms with Crippen LogP contribution in [0.15, 0.2) is 30.7 Å². The summed E-state index contributed by atoms with van der Waals surface area (Å²) in [5.74, 6) is 1.75. The van der Waals surface area contributed by atoms with Crippen molar-refractivity contribution in [3.8, 4) is 0 Å². The van der Waals surface area contributed by atoms with Crippen LogP contribution < -0.4 is 5.32 Å². The first kappa shape index (κ1) is 33.9. The standard InChI is InChI=1S/C27H33Cl2N7O2.3ClH/c1-35(8-3-2-4-23-33-20-11-18(28)19(29)12-21(20)34-23)13-15-10-22(25(38)24(15)37)36-9-7-17-26(32-16-5-6-16)30-14-31-27(17)36;;;/h7,9,11-12,14-16,22,24-25,37-38H,2-6,8,10,13H2,1H3,(H,33,34)(H,30,31,32);3*1H/t15-,22-,24-,25-;;;/m1.../s1. The van der Waals surface area contributed by atoms with Crippen molar-refractivity contribution < 1.29 is 10.2 Å². The maximum Gasteiger partial charge on any atom is 0.145 e. The lowest BCUT2D eigenvalue weighted by Crippen LogP contribution is -2.35. The summed E-state index contributed by atoms with van der Waals surface area (Å²) in [5, 5.41) is 27.3. The van der Waals surface area contributed by atoms with Gasteiger partial charge < -0.3 is 30.0 Å². The summed E-state index contributed by atoms with van der Waals surface area (Å²) in [7, 11) is 2.08. The molecule has 0 spiro atoms. The summed E-state index contributed by atoms with van der Waals surface area (Å²) in [4.78, 5) is 19.1. The number of nitrogens with one attached hydrogen (secondary N) is 2. The van der Waals surface area contributed by atoms with Crippen LogP contribution in [0.3, 0.4) is 0 Å². The fourth-order valence-electron chi connectivity index (χ4n) is 5.67. The Bertz CT molecular complexity index is 1410. The zero-order valence-corrected chi connectivity index (χ0v) is 26.5. The summed E-state index contributed by atoms with van der Waals surface area (Å²) in [6.07, 6.45) is 7.76. The highest BCUT2D eigenvalue weighted by Gasteiger charge is 2.43. The van der Waals surface area contributed by atoms with Crippen LogP contribution in [0, 0.1) is 5.92 Å². The van der Waals surface area contributed by atoms with Crippen LogP contribution in [-0.4, -0.2) is 78.0 Å². The van der Waals surface area contributed by atoms with E-state index in [0.29, 0.717) is 22.5 Å². The number of H-pyrrole nitrogens is 1. The smallest absolute Gasteiger partial charge is 0.145 e. The van der Waals surface area contributed by atoms with E-state index in [1.165, 1.54) is 12.8 Å². The van der Waals surface area contributed by atoms with Crippen molar-refractivity contribution in [1.82, 2.24) is 29.4 Å². The van der Waals surface area contributed by atoms with E-state index < -0.39 is 12.2 Å². The highest BCUT2D eigenvalue weighted by molar-refractivity contribution is 6.42. The first-order valence-electron chi connectivity index (χ1n) is 13.3. The van der Waals surface area contributed by atoms with Gasteiger partial charge in [-0.05, 0) is 63.9 Å². The minimum atomic E-state index is -0.839. The second-order valence-corrected chi connectivity index (χ2v) is 11.6. The van der Waals surface area contributed by atoms with Gasteiger partial charge in [-0.15, -0.1) is 37.2 Å². The number of nitrogens with zero attached hydrogens (tertiary/aromatic N) is 5. The summed E-state index contributed by atoms with van der Waals surface area (Å²) in [6, 6.07) is 5.87. The highest BCUT2D eigenvalue weighted by Crippen LogP contribution is 2.38. The zero-order chi connectivity index (χ0) is 26.4. The number of rotatable bonds is 10. The molecule has 2 aliphatic rings. The summed E-state index contributed by atoms with van der Waals surface area (Å²) >= 11 is 12.2. The lowest BCUT2D eigenvalue weighted by Gasteiger charge is -2.23. The summed E-state index contributed by atoms with van der Waals surface area (Å²) in [6.45, 7) is 1.62. The molecule has 0 unspecified atom stereocenters. The van der Waals surface area contributed by atoms with Crippen molar-refractivity contribution in [2.24, 2.45) is 5.92 Å². The van der Waals surface area contributed by atoms with E-state index in [4.69, 9.17) is 23.2 Å². The summed E-state index contributed by atoms with van der Waals surface area (Å²) in [5.41, 5.74) is 2.52. The third kappa shape index (κ3) is 7.33. The summed E-state index contributed by atoms with van der Waals surface area (Å²) < 4.78 is 2.01. The molecule has 9 nitrogen and oxygen atoms in total. The molecule has 3 heterocycles. The molecule has 1 aromatic carbocycles. The maximum absolute atomic E-state index is 11.0. The Kier molecular flexibility index (Phi) is 11.8. The Hall–Kier alpha value is -1.56. The molecule has 4 atom stereocenters. The van der Waals surface area contributed by atoms with E-state index in [0.717, 1.165) is 66.1 Å². The molecule has 3 aromatic heterocycles. The zero-order valence-electron chi connectivity index (χ0n) is 22.5. The number of aromatic nitrogens is 5. The van der Waals surface area contributed by atoms with Crippen LogP contribution in [0.4, 0.5) is 5.82 Å². The van der Waals surface area contributed by atoms with E-state index in [9.17, 15) is 10.2 Å². The van der Waals surface area contributed by atoms with E-state index >= 15 is 0 Å². The van der Waals surface area contributed by atoms with Gasteiger partial charge in [0, 0.05) is 31.1 Å². The number of aryl methyl sites for hydroxylation is 1. The molecule has 14 heteroatoms. The lowest BCUT2D eigenvalue weighted by molar-refractivity contribution is 0.00167. The van der Waals surface area contributed by atoms with Gasteiger partial charge in [-0.25, -0.2) is 15.0 Å². The molecule has 4 aromatic rings. The molecule has 2 aliphatic carbocycles. The maximum atomic E-state index is 11.0. The van der Waals surface area contributed by atoms with Gasteiger partial charge in [0.25, 0.3) is 0 Å². The van der Waals surface area contributed by atoms with Gasteiger partial charge in [0.05, 0.1) is 38.6 Å². The quantitative estimate of drug-likeness (QED) is 0.161. The number of fused-ring (bicyclic) bond motifs is 2. The number of hydrogen-bond acceptors (Lipinski definition) is 7. The van der Waals surface area contributed by atoms with Crippen LogP contribution in [0.2, 0.25) is 10.0 Å². The van der Waals surface area contributed by atoms with Gasteiger partial charge >= 0.3 is 0 Å². The fraction of sp³-hybridized carbons (Fsp3) is 0.519.